The first-order valence-electron chi connectivity index (χ1n) is 5.85. The van der Waals surface area contributed by atoms with Gasteiger partial charge in [-0.2, -0.15) is 13.2 Å². The number of hydrogen-bond acceptors (Lipinski definition) is 2. The van der Waals surface area contributed by atoms with Crippen molar-refractivity contribution in [1.82, 2.24) is 4.90 Å². The van der Waals surface area contributed by atoms with Crippen LogP contribution in [-0.2, 0) is 9.59 Å². The standard InChI is InChI=1S/C11H14F3NO3/c12-11(13,14)10(18)15-4-6-1-7(3-9(16)17)8(2-6)5-15/h6-8H,1-5H2,(H,16,17)/t6-,7+,8+/m1/s1. The Morgan fingerprint density at radius 3 is 2.44 bits per heavy atom. The van der Waals surface area contributed by atoms with E-state index in [1.54, 1.807) is 0 Å². The molecule has 1 amide bonds. The number of carbonyl (C=O) groups excluding carboxylic acids is 1. The van der Waals surface area contributed by atoms with Gasteiger partial charge < -0.3 is 10.0 Å². The van der Waals surface area contributed by atoms with Crippen LogP contribution in [0.2, 0.25) is 0 Å². The Bertz CT molecular complexity index is 369. The molecular formula is C11H14F3NO3. The van der Waals surface area contributed by atoms with E-state index in [2.05, 4.69) is 0 Å². The monoisotopic (exact) mass is 265 g/mol. The Morgan fingerprint density at radius 2 is 1.89 bits per heavy atom. The third-order valence-corrected chi connectivity index (χ3v) is 3.84. The second-order valence-electron chi connectivity index (χ2n) is 5.16. The second kappa shape index (κ2) is 4.44. The van der Waals surface area contributed by atoms with Crippen LogP contribution in [-0.4, -0.2) is 41.1 Å². The number of aliphatic carboxylic acids is 1. The van der Waals surface area contributed by atoms with Crippen molar-refractivity contribution in [3.63, 3.8) is 0 Å². The average molecular weight is 265 g/mol. The third kappa shape index (κ3) is 2.59. The van der Waals surface area contributed by atoms with Crippen LogP contribution >= 0.6 is 0 Å². The van der Waals surface area contributed by atoms with Crippen LogP contribution in [0.4, 0.5) is 13.2 Å². The molecule has 0 radical (unpaired) electrons. The maximum absolute atomic E-state index is 12.3. The lowest BCUT2D eigenvalue weighted by Gasteiger charge is -2.32. The summed E-state index contributed by atoms with van der Waals surface area (Å²) in [7, 11) is 0. The molecule has 0 aromatic carbocycles. The van der Waals surface area contributed by atoms with Crippen LogP contribution in [0.25, 0.3) is 0 Å². The highest BCUT2D eigenvalue weighted by Gasteiger charge is 2.48. The van der Waals surface area contributed by atoms with Gasteiger partial charge in [0.1, 0.15) is 0 Å². The molecule has 0 aromatic rings. The fraction of sp³-hybridized carbons (Fsp3) is 0.818. The van der Waals surface area contributed by atoms with E-state index in [0.717, 1.165) is 11.3 Å². The highest BCUT2D eigenvalue weighted by atomic mass is 19.4. The highest BCUT2D eigenvalue weighted by molar-refractivity contribution is 5.82. The molecule has 2 aliphatic rings. The SMILES string of the molecule is O=C(O)C[C@@H]1C[C@@H]2C[C@H]1CN(C(=O)C(F)(F)F)C2. The minimum Gasteiger partial charge on any atom is -0.481 e. The summed E-state index contributed by atoms with van der Waals surface area (Å²) in [6.45, 7) is 0.137. The Morgan fingerprint density at radius 1 is 1.22 bits per heavy atom. The van der Waals surface area contributed by atoms with Gasteiger partial charge in [0.2, 0.25) is 0 Å². The average Bonchev–Trinajstić information content (AvgIpc) is 2.50. The van der Waals surface area contributed by atoms with Crippen molar-refractivity contribution in [2.75, 3.05) is 13.1 Å². The Kier molecular flexibility index (Phi) is 3.25. The van der Waals surface area contributed by atoms with Crippen molar-refractivity contribution >= 4 is 11.9 Å². The van der Waals surface area contributed by atoms with Gasteiger partial charge in [0, 0.05) is 19.5 Å². The van der Waals surface area contributed by atoms with Crippen molar-refractivity contribution in [1.29, 1.82) is 0 Å². The number of carboxylic acids is 1. The number of fused-ring (bicyclic) bond motifs is 2. The zero-order valence-electron chi connectivity index (χ0n) is 9.61. The topological polar surface area (TPSA) is 57.6 Å². The summed E-state index contributed by atoms with van der Waals surface area (Å²) < 4.78 is 37.0. The summed E-state index contributed by atoms with van der Waals surface area (Å²) >= 11 is 0. The van der Waals surface area contributed by atoms with Crippen molar-refractivity contribution in [2.45, 2.75) is 25.4 Å². The first kappa shape index (κ1) is 13.2. The summed E-state index contributed by atoms with van der Waals surface area (Å²) in [4.78, 5) is 22.6. The zero-order valence-corrected chi connectivity index (χ0v) is 9.61. The van der Waals surface area contributed by atoms with E-state index in [0.29, 0.717) is 6.42 Å². The summed E-state index contributed by atoms with van der Waals surface area (Å²) in [5.74, 6) is -2.92. The van der Waals surface area contributed by atoms with Crippen LogP contribution in [0.5, 0.6) is 0 Å². The van der Waals surface area contributed by atoms with Gasteiger partial charge >= 0.3 is 18.1 Å². The Labute approximate surface area is 102 Å². The van der Waals surface area contributed by atoms with Crippen LogP contribution in [0, 0.1) is 17.8 Å². The molecule has 4 nitrogen and oxygen atoms in total. The zero-order chi connectivity index (χ0) is 13.5. The maximum atomic E-state index is 12.3. The minimum atomic E-state index is -4.83. The van der Waals surface area contributed by atoms with E-state index < -0.39 is 18.1 Å². The highest BCUT2D eigenvalue weighted by Crippen LogP contribution is 2.43. The molecule has 3 atom stereocenters. The lowest BCUT2D eigenvalue weighted by Crippen LogP contribution is -2.47. The molecule has 1 saturated carbocycles. The van der Waals surface area contributed by atoms with Gasteiger partial charge in [-0.1, -0.05) is 0 Å². The number of halogens is 3. The number of nitrogens with zero attached hydrogens (tertiary/aromatic N) is 1. The molecule has 2 fully saturated rings. The molecule has 1 aliphatic carbocycles. The van der Waals surface area contributed by atoms with Gasteiger partial charge in [-0.15, -0.1) is 0 Å². The van der Waals surface area contributed by atoms with E-state index in [4.69, 9.17) is 5.11 Å². The number of alkyl halides is 3. The number of carboxylic acid groups (broad SMARTS) is 1. The number of likely N-dealkylation sites (tertiary alicyclic amines) is 1. The van der Waals surface area contributed by atoms with Gasteiger partial charge in [-0.25, -0.2) is 0 Å². The van der Waals surface area contributed by atoms with Gasteiger partial charge in [0.15, 0.2) is 0 Å². The van der Waals surface area contributed by atoms with Gasteiger partial charge in [-0.05, 0) is 30.6 Å². The van der Waals surface area contributed by atoms with Crippen LogP contribution in [0.3, 0.4) is 0 Å². The van der Waals surface area contributed by atoms with Crippen molar-refractivity contribution in [2.24, 2.45) is 17.8 Å². The quantitative estimate of drug-likeness (QED) is 0.823. The van der Waals surface area contributed by atoms with E-state index >= 15 is 0 Å². The molecule has 18 heavy (non-hydrogen) atoms. The van der Waals surface area contributed by atoms with E-state index in [-0.39, 0.29) is 37.3 Å². The fourth-order valence-corrected chi connectivity index (χ4v) is 3.20. The summed E-state index contributed by atoms with van der Waals surface area (Å²) in [5, 5.41) is 8.74. The molecule has 7 heteroatoms. The minimum absolute atomic E-state index is 0.0133. The van der Waals surface area contributed by atoms with Gasteiger partial charge in [0.25, 0.3) is 0 Å². The molecule has 0 spiro atoms. The van der Waals surface area contributed by atoms with Gasteiger partial charge in [0.05, 0.1) is 0 Å². The summed E-state index contributed by atoms with van der Waals surface area (Å²) in [6, 6.07) is 0. The molecule has 2 bridgehead atoms. The maximum Gasteiger partial charge on any atom is 0.471 e. The predicted octanol–water partition coefficient (Wildman–Crippen LogP) is 1.51. The van der Waals surface area contributed by atoms with Crippen molar-refractivity contribution < 1.29 is 27.9 Å². The molecule has 2 rings (SSSR count). The summed E-state index contributed by atoms with van der Waals surface area (Å²) in [6.07, 6.45) is -3.51. The largest absolute Gasteiger partial charge is 0.481 e. The third-order valence-electron chi connectivity index (χ3n) is 3.84. The molecule has 1 saturated heterocycles. The smallest absolute Gasteiger partial charge is 0.471 e. The molecule has 1 heterocycles. The van der Waals surface area contributed by atoms with E-state index in [1.165, 1.54) is 0 Å². The Hall–Kier alpha value is -1.27. The van der Waals surface area contributed by atoms with Crippen LogP contribution in [0.15, 0.2) is 0 Å². The van der Waals surface area contributed by atoms with Crippen molar-refractivity contribution in [3.05, 3.63) is 0 Å². The lowest BCUT2D eigenvalue weighted by atomic mass is 9.92. The van der Waals surface area contributed by atoms with E-state index in [1.807, 2.05) is 0 Å². The molecule has 102 valence electrons. The summed E-state index contributed by atoms with van der Waals surface area (Å²) in [5.41, 5.74) is 0. The Balaban J connectivity index is 2.02. The van der Waals surface area contributed by atoms with Gasteiger partial charge in [-0.3, -0.25) is 9.59 Å². The number of piperidine rings is 1. The first-order valence-corrected chi connectivity index (χ1v) is 5.85. The fourth-order valence-electron chi connectivity index (χ4n) is 3.20. The van der Waals surface area contributed by atoms with Crippen LogP contribution < -0.4 is 0 Å². The second-order valence-corrected chi connectivity index (χ2v) is 5.16. The number of hydrogen-bond donors (Lipinski definition) is 1. The number of carbonyl (C=O) groups is 2. The van der Waals surface area contributed by atoms with Crippen molar-refractivity contribution in [3.8, 4) is 0 Å². The first-order chi connectivity index (χ1) is 8.27. The normalized spacial score (nSPS) is 31.5. The molecule has 1 N–H and O–H groups in total. The number of rotatable bonds is 2. The lowest BCUT2D eigenvalue weighted by molar-refractivity contribution is -0.187. The molecule has 1 aliphatic heterocycles. The van der Waals surface area contributed by atoms with E-state index in [9.17, 15) is 22.8 Å². The molecular weight excluding hydrogens is 251 g/mol. The predicted molar refractivity (Wildman–Crippen MR) is 54.6 cm³/mol. The number of amides is 1. The molecule has 0 unspecified atom stereocenters. The van der Waals surface area contributed by atoms with Crippen LogP contribution in [0.1, 0.15) is 19.3 Å². The molecule has 0 aromatic heterocycles.